The van der Waals surface area contributed by atoms with Crippen LogP contribution in [0, 0.1) is 57.7 Å². The molecule has 7 fully saturated rings. The summed E-state index contributed by atoms with van der Waals surface area (Å²) in [7, 11) is 1.81. The predicted molar refractivity (Wildman–Crippen MR) is 289 cm³/mol. The Balaban J connectivity index is 0.702. The molecule has 7 atom stereocenters. The summed E-state index contributed by atoms with van der Waals surface area (Å²) in [5, 5.41) is 31.7. The molecule has 2 amide bonds. The van der Waals surface area contributed by atoms with Crippen molar-refractivity contribution in [3.05, 3.63) is 88.6 Å². The molecule has 0 radical (unpaired) electrons. The van der Waals surface area contributed by atoms with Crippen molar-refractivity contribution in [2.24, 2.45) is 46.3 Å². The number of ether oxygens (including phenoxy) is 2. The standard InChI is InChI=1S/C60H79ClN8O5/c1-58(2)55(59(3,4)56(58)74-46-17-12-39(30-62)50(61)29-46)65-53(70)40-31-64-57(69(34-40)44-10-8-9-37-27-38(37)11-14-44)67-25-22-36(23-26-67)41-32-68(33-41)43-15-18-45(19-16-43)73-51-20-13-42(60(5,6)72)28-48(51)49-35-66(7)54(71)52-47(49)21-24-63-52/h12-13,15-20,28-29,35-38,40-41,44,47,52,55-57,63-64,72H,8-11,14,21-27,31-34H2,1-7H3,(H,65,70). The summed E-state index contributed by atoms with van der Waals surface area (Å²) in [4.78, 5) is 37.1. The first-order valence-corrected chi connectivity index (χ1v) is 28.3. The minimum absolute atomic E-state index is 0.0416. The van der Waals surface area contributed by atoms with Crippen LogP contribution < -0.4 is 30.3 Å². The second kappa shape index (κ2) is 20.0. The van der Waals surface area contributed by atoms with E-state index in [0.717, 1.165) is 80.0 Å². The SMILES string of the molecule is CN1C=C(c2cc(C(C)(C)O)ccc2Oc2ccc(N3CC(C4CCN(C5NCC(C(=O)NC6C(C)(C)C(Oc7ccc(C#N)c(Cl)c7)C6(C)C)CN5C5CCCC6CC6CC5)CC4)C3)cc2)C2CCNC2C1=O. The Labute approximate surface area is 444 Å². The Morgan fingerprint density at radius 3 is 2.31 bits per heavy atom. The lowest BCUT2D eigenvalue weighted by Gasteiger charge is -2.63. The average Bonchev–Trinajstić information content (AvgIpc) is 3.89. The molecule has 0 spiro atoms. The van der Waals surface area contributed by atoms with E-state index in [1.807, 2.05) is 37.5 Å². The van der Waals surface area contributed by atoms with Crippen LogP contribution in [0.4, 0.5) is 5.69 Å². The van der Waals surface area contributed by atoms with Gasteiger partial charge in [0.25, 0.3) is 0 Å². The quantitative estimate of drug-likeness (QED) is 0.138. The zero-order valence-corrected chi connectivity index (χ0v) is 45.5. The number of likely N-dealkylation sites (N-methyl/N-ethyl adjacent to an activating group) is 1. The van der Waals surface area contributed by atoms with E-state index < -0.39 is 5.60 Å². The lowest BCUT2D eigenvalue weighted by Crippen LogP contribution is -2.75. The van der Waals surface area contributed by atoms with Crippen LogP contribution in [0.15, 0.2) is 66.9 Å². The van der Waals surface area contributed by atoms with E-state index in [1.54, 1.807) is 30.9 Å². The van der Waals surface area contributed by atoms with Crippen molar-refractivity contribution in [2.45, 2.75) is 135 Å². The van der Waals surface area contributed by atoms with Crippen LogP contribution in [-0.4, -0.2) is 115 Å². The minimum atomic E-state index is -1.03. The van der Waals surface area contributed by atoms with Gasteiger partial charge in [-0.3, -0.25) is 24.7 Å². The third-order valence-electron chi connectivity index (χ3n) is 19.1. The van der Waals surface area contributed by atoms with Gasteiger partial charge in [0.05, 0.1) is 28.1 Å². The number of nitrogens with zero attached hydrogens (tertiary/aromatic N) is 5. The zero-order chi connectivity index (χ0) is 51.8. The summed E-state index contributed by atoms with van der Waals surface area (Å²) in [5.41, 5.74) is 2.73. The highest BCUT2D eigenvalue weighted by Gasteiger charge is 2.64. The monoisotopic (exact) mass is 1030 g/mol. The number of nitriles is 1. The van der Waals surface area contributed by atoms with Gasteiger partial charge < -0.3 is 35.0 Å². The maximum absolute atomic E-state index is 14.5. The molecule has 3 aliphatic carbocycles. The first kappa shape index (κ1) is 51.4. The number of hydrogen-bond donors (Lipinski definition) is 4. The summed E-state index contributed by atoms with van der Waals surface area (Å²) in [6.45, 7) is 18.8. The van der Waals surface area contributed by atoms with Crippen LogP contribution in [0.3, 0.4) is 0 Å². The van der Waals surface area contributed by atoms with Gasteiger partial charge in [0.15, 0.2) is 0 Å². The minimum Gasteiger partial charge on any atom is -0.489 e. The lowest BCUT2D eigenvalue weighted by atomic mass is 9.49. The number of hydrogen-bond acceptors (Lipinski definition) is 11. The molecule has 0 aromatic heterocycles. The molecule has 11 rings (SSSR count). The van der Waals surface area contributed by atoms with Crippen LogP contribution >= 0.6 is 11.6 Å². The molecule has 3 aromatic rings. The summed E-state index contributed by atoms with van der Waals surface area (Å²) in [6.07, 6.45) is 12.9. The molecule has 3 saturated carbocycles. The van der Waals surface area contributed by atoms with Gasteiger partial charge in [0.2, 0.25) is 11.8 Å². The second-order valence-electron chi connectivity index (χ2n) is 25.2. The number of fused-ring (bicyclic) bond motifs is 2. The van der Waals surface area contributed by atoms with Crippen molar-refractivity contribution in [1.82, 2.24) is 30.7 Å². The largest absolute Gasteiger partial charge is 0.489 e. The Bertz CT molecular complexity index is 2650. The molecule has 74 heavy (non-hydrogen) atoms. The number of aliphatic hydroxyl groups is 1. The summed E-state index contributed by atoms with van der Waals surface area (Å²) >= 11 is 6.38. The number of rotatable bonds is 12. The molecule has 4 saturated heterocycles. The Kier molecular flexibility index (Phi) is 13.9. The summed E-state index contributed by atoms with van der Waals surface area (Å²) in [6, 6.07) is 21.9. The highest BCUT2D eigenvalue weighted by Crippen LogP contribution is 2.56. The zero-order valence-electron chi connectivity index (χ0n) is 44.7. The first-order valence-electron chi connectivity index (χ1n) is 27.9. The topological polar surface area (TPSA) is 146 Å². The molecule has 5 heterocycles. The van der Waals surface area contributed by atoms with Gasteiger partial charge in [-0.05, 0) is 149 Å². The third-order valence-corrected chi connectivity index (χ3v) is 19.4. The molecule has 5 aliphatic heterocycles. The van der Waals surface area contributed by atoms with Crippen LogP contribution in [0.25, 0.3) is 5.57 Å². The molecule has 0 bridgehead atoms. The van der Waals surface area contributed by atoms with Crippen LogP contribution in [0.2, 0.25) is 5.02 Å². The Morgan fingerprint density at radius 2 is 1.59 bits per heavy atom. The first-order chi connectivity index (χ1) is 35.4. The number of carbonyl (C=O) groups is 2. The van der Waals surface area contributed by atoms with E-state index >= 15 is 0 Å². The van der Waals surface area contributed by atoms with E-state index in [9.17, 15) is 20.0 Å². The number of amides is 2. The van der Waals surface area contributed by atoms with E-state index in [0.29, 0.717) is 46.5 Å². The average molecular weight is 1030 g/mol. The van der Waals surface area contributed by atoms with Gasteiger partial charge in [-0.2, -0.15) is 5.26 Å². The van der Waals surface area contributed by atoms with Gasteiger partial charge in [-0.15, -0.1) is 0 Å². The maximum atomic E-state index is 14.5. The Morgan fingerprint density at radius 1 is 0.865 bits per heavy atom. The van der Waals surface area contributed by atoms with Crippen LogP contribution in [0.5, 0.6) is 17.2 Å². The van der Waals surface area contributed by atoms with Crippen molar-refractivity contribution in [3.63, 3.8) is 0 Å². The molecule has 3 aromatic carbocycles. The van der Waals surface area contributed by atoms with Gasteiger partial charge in [-0.25, -0.2) is 0 Å². The van der Waals surface area contributed by atoms with Crippen LogP contribution in [0.1, 0.15) is 116 Å². The van der Waals surface area contributed by atoms with Crippen molar-refractivity contribution in [3.8, 4) is 23.3 Å². The highest BCUT2D eigenvalue weighted by atomic mass is 35.5. The van der Waals surface area contributed by atoms with Crippen molar-refractivity contribution in [2.75, 3.05) is 57.8 Å². The summed E-state index contributed by atoms with van der Waals surface area (Å²) in [5.74, 6) is 5.40. The predicted octanol–water partition coefficient (Wildman–Crippen LogP) is 8.94. The number of piperidine rings is 1. The molecule has 396 valence electrons. The molecule has 14 heteroatoms. The molecular weight excluding hydrogens is 948 g/mol. The van der Waals surface area contributed by atoms with Gasteiger partial charge in [0.1, 0.15) is 35.7 Å². The number of likely N-dealkylation sites (tertiary alicyclic amines) is 1. The van der Waals surface area contributed by atoms with Crippen molar-refractivity contribution >= 4 is 34.7 Å². The number of carbonyl (C=O) groups excluding carboxylic acids is 2. The number of benzene rings is 3. The molecule has 7 unspecified atom stereocenters. The van der Waals surface area contributed by atoms with Gasteiger partial charge in [0, 0.05) is 98.7 Å². The number of halogens is 1. The lowest BCUT2D eigenvalue weighted by molar-refractivity contribution is -0.176. The second-order valence-corrected chi connectivity index (χ2v) is 25.6. The van der Waals surface area contributed by atoms with Crippen molar-refractivity contribution < 1.29 is 24.2 Å². The van der Waals surface area contributed by atoms with Gasteiger partial charge in [-0.1, -0.05) is 58.2 Å². The fraction of sp³-hybridized carbons (Fsp3) is 0.617. The van der Waals surface area contributed by atoms with Crippen molar-refractivity contribution in [1.29, 1.82) is 5.26 Å². The third kappa shape index (κ3) is 9.86. The normalized spacial score (nSPS) is 31.4. The molecule has 13 nitrogen and oxygen atoms in total. The molecule has 4 N–H and O–H groups in total. The van der Waals surface area contributed by atoms with Crippen LogP contribution in [-0.2, 0) is 15.2 Å². The fourth-order valence-corrected chi connectivity index (χ4v) is 15.1. The van der Waals surface area contributed by atoms with Gasteiger partial charge >= 0.3 is 0 Å². The Hall–Kier alpha value is -4.68. The number of anilines is 1. The van der Waals surface area contributed by atoms with E-state index in [2.05, 4.69) is 88.7 Å². The highest BCUT2D eigenvalue weighted by molar-refractivity contribution is 6.31. The maximum Gasteiger partial charge on any atom is 0.244 e. The van der Waals surface area contributed by atoms with E-state index in [-0.39, 0.29) is 59.0 Å². The fourth-order valence-electron chi connectivity index (χ4n) is 14.9. The molecular formula is C60H79ClN8O5. The summed E-state index contributed by atoms with van der Waals surface area (Å²) < 4.78 is 13.2. The van der Waals surface area contributed by atoms with E-state index in [1.165, 1.54) is 57.1 Å². The van der Waals surface area contributed by atoms with E-state index in [4.69, 9.17) is 21.1 Å². The number of nitrogens with one attached hydrogen (secondary N) is 3. The smallest absolute Gasteiger partial charge is 0.244 e. The molecule has 8 aliphatic rings.